The number of nitrogen functional groups attached to an aromatic ring is 1. The fourth-order valence-electron chi connectivity index (χ4n) is 4.16. The highest BCUT2D eigenvalue weighted by atomic mass is 28.4. The van der Waals surface area contributed by atoms with Crippen molar-refractivity contribution in [1.82, 2.24) is 19.5 Å². The maximum atomic E-state index is 12.0. The van der Waals surface area contributed by atoms with E-state index in [1.54, 1.807) is 4.57 Å². The molecule has 0 spiro atoms. The van der Waals surface area contributed by atoms with Crippen LogP contribution >= 0.6 is 0 Å². The molecule has 1 aliphatic rings. The van der Waals surface area contributed by atoms with Gasteiger partial charge >= 0.3 is 0 Å². The van der Waals surface area contributed by atoms with Crippen LogP contribution in [0.3, 0.4) is 0 Å². The fraction of sp³-hybridized carbons (Fsp3) is 0.737. The molecule has 10 heteroatoms. The number of aliphatic hydroxyl groups excluding tert-OH is 2. The number of H-pyrrole nitrogens is 1. The molecule has 9 nitrogen and oxygen atoms in total. The van der Waals surface area contributed by atoms with Gasteiger partial charge in [-0.3, -0.25) is 9.78 Å². The number of hydrogen-bond acceptors (Lipinski definition) is 7. The van der Waals surface area contributed by atoms with Crippen molar-refractivity contribution in [2.45, 2.75) is 76.4 Å². The summed E-state index contributed by atoms with van der Waals surface area (Å²) >= 11 is 0. The second-order valence-corrected chi connectivity index (χ2v) is 13.9. The van der Waals surface area contributed by atoms with Gasteiger partial charge in [0.25, 0.3) is 5.56 Å². The van der Waals surface area contributed by atoms with Gasteiger partial charge in [0.05, 0.1) is 18.5 Å². The number of hydrogen-bond donors (Lipinski definition) is 4. The molecular formula is C19H33N5O4Si. The smallest absolute Gasteiger partial charge is 0.280 e. The second kappa shape index (κ2) is 7.82. The Labute approximate surface area is 171 Å². The van der Waals surface area contributed by atoms with E-state index >= 15 is 0 Å². The Hall–Kier alpha value is -1.75. The second-order valence-electron chi connectivity index (χ2n) is 9.27. The zero-order valence-corrected chi connectivity index (χ0v) is 18.8. The SMILES string of the molecule is CCCC(C)(C)[Si](C)(C)OC[C@H]1C[C@@H](n2cnc3c(=O)[nH]c(N)nc32)[C@H](O)[C@@H]1O. The lowest BCUT2D eigenvalue weighted by molar-refractivity contribution is -0.00264. The molecule has 2 heterocycles. The number of aliphatic hydroxyl groups is 2. The first-order valence-corrected chi connectivity index (χ1v) is 13.1. The highest BCUT2D eigenvalue weighted by Gasteiger charge is 2.46. The van der Waals surface area contributed by atoms with Gasteiger partial charge in [-0.1, -0.05) is 27.2 Å². The monoisotopic (exact) mass is 423 g/mol. The first-order valence-electron chi connectivity index (χ1n) is 10.2. The van der Waals surface area contributed by atoms with Crippen LogP contribution in [-0.4, -0.2) is 56.9 Å². The van der Waals surface area contributed by atoms with Crippen LogP contribution in [0.1, 0.15) is 46.1 Å². The minimum absolute atomic E-state index is 0.0110. The summed E-state index contributed by atoms with van der Waals surface area (Å²) in [6, 6.07) is -0.453. The van der Waals surface area contributed by atoms with E-state index in [-0.39, 0.29) is 22.4 Å². The van der Waals surface area contributed by atoms with Crippen molar-refractivity contribution in [2.24, 2.45) is 5.92 Å². The van der Waals surface area contributed by atoms with Gasteiger partial charge in [-0.05, 0) is 31.0 Å². The van der Waals surface area contributed by atoms with Gasteiger partial charge in [0.1, 0.15) is 6.10 Å². The van der Waals surface area contributed by atoms with Gasteiger partial charge in [0.15, 0.2) is 19.5 Å². The Bertz CT molecular complexity index is 925. The number of imidazole rings is 1. The summed E-state index contributed by atoms with van der Waals surface area (Å²) in [4.78, 5) is 22.7. The summed E-state index contributed by atoms with van der Waals surface area (Å²) in [5.74, 6) is -0.223. The number of nitrogens with zero attached hydrogens (tertiary/aromatic N) is 3. The molecule has 0 aliphatic heterocycles. The third-order valence-corrected chi connectivity index (χ3v) is 11.1. The van der Waals surface area contributed by atoms with Crippen LogP contribution in [0.5, 0.6) is 0 Å². The quantitative estimate of drug-likeness (QED) is 0.498. The lowest BCUT2D eigenvalue weighted by atomic mass is 10.1. The van der Waals surface area contributed by atoms with E-state index in [2.05, 4.69) is 48.8 Å². The Morgan fingerprint density at radius 2 is 2.07 bits per heavy atom. The summed E-state index contributed by atoms with van der Waals surface area (Å²) in [7, 11) is -2.00. The molecular weight excluding hydrogens is 390 g/mol. The molecule has 1 fully saturated rings. The molecule has 5 N–H and O–H groups in total. The molecule has 0 saturated heterocycles. The number of aromatic nitrogens is 4. The molecule has 3 rings (SSSR count). The largest absolute Gasteiger partial charge is 0.416 e. The molecule has 0 unspecified atom stereocenters. The molecule has 0 bridgehead atoms. The summed E-state index contributed by atoms with van der Waals surface area (Å²) in [6.45, 7) is 11.5. The van der Waals surface area contributed by atoms with Crippen molar-refractivity contribution >= 4 is 25.4 Å². The van der Waals surface area contributed by atoms with E-state index in [0.717, 1.165) is 12.8 Å². The van der Waals surface area contributed by atoms with Crippen LogP contribution in [0.25, 0.3) is 11.2 Å². The van der Waals surface area contributed by atoms with Crippen molar-refractivity contribution in [3.05, 3.63) is 16.7 Å². The molecule has 0 aromatic carbocycles. The average molecular weight is 424 g/mol. The third-order valence-electron chi connectivity index (χ3n) is 6.74. The number of nitrogens with two attached hydrogens (primary N) is 1. The normalized spacial score (nSPS) is 25.8. The van der Waals surface area contributed by atoms with Crippen molar-refractivity contribution in [3.63, 3.8) is 0 Å². The predicted octanol–water partition coefficient (Wildman–Crippen LogP) is 1.79. The number of fused-ring (bicyclic) bond motifs is 1. The summed E-state index contributed by atoms with van der Waals surface area (Å²) in [6.07, 6.45) is 2.24. The number of nitrogens with one attached hydrogen (secondary N) is 1. The van der Waals surface area contributed by atoms with Gasteiger partial charge in [0, 0.05) is 12.5 Å². The maximum absolute atomic E-state index is 12.0. The predicted molar refractivity (Wildman–Crippen MR) is 114 cm³/mol. The zero-order chi connectivity index (χ0) is 21.6. The first-order chi connectivity index (χ1) is 13.5. The van der Waals surface area contributed by atoms with Crippen molar-refractivity contribution in [3.8, 4) is 0 Å². The Morgan fingerprint density at radius 1 is 1.38 bits per heavy atom. The number of rotatable bonds is 7. The Balaban J connectivity index is 1.79. The Morgan fingerprint density at radius 3 is 2.72 bits per heavy atom. The minimum atomic E-state index is -2.00. The van der Waals surface area contributed by atoms with E-state index in [9.17, 15) is 15.0 Å². The van der Waals surface area contributed by atoms with E-state index in [1.165, 1.54) is 6.33 Å². The maximum Gasteiger partial charge on any atom is 0.280 e. The molecule has 2 aromatic heterocycles. The van der Waals surface area contributed by atoms with Gasteiger partial charge < -0.3 is 24.9 Å². The minimum Gasteiger partial charge on any atom is -0.416 e. The van der Waals surface area contributed by atoms with Gasteiger partial charge in [-0.2, -0.15) is 4.98 Å². The summed E-state index contributed by atoms with van der Waals surface area (Å²) < 4.78 is 8.03. The molecule has 0 amide bonds. The van der Waals surface area contributed by atoms with Crippen molar-refractivity contribution < 1.29 is 14.6 Å². The lowest BCUT2D eigenvalue weighted by Gasteiger charge is -2.40. The first kappa shape index (κ1) is 21.9. The number of anilines is 1. The number of aromatic amines is 1. The van der Waals surface area contributed by atoms with Crippen LogP contribution in [0.2, 0.25) is 18.1 Å². The standard InChI is InChI=1S/C19H33N5O4Si/c1-6-7-19(2,3)29(4,5)28-9-11-8-12(15(26)14(11)25)24-10-21-13-16(24)22-18(20)23-17(13)27/h10-12,14-15,25-26H,6-9H2,1-5H3,(H3,20,22,23,27)/t11-,12-,14-,15+/m1/s1. The van der Waals surface area contributed by atoms with Crippen LogP contribution in [0, 0.1) is 5.92 Å². The third kappa shape index (κ3) is 3.98. The molecule has 0 radical (unpaired) electrons. The molecule has 1 saturated carbocycles. The van der Waals surface area contributed by atoms with E-state index in [0.29, 0.717) is 18.7 Å². The lowest BCUT2D eigenvalue weighted by Crippen LogP contribution is -2.44. The molecule has 1 aliphatic carbocycles. The molecule has 29 heavy (non-hydrogen) atoms. The highest BCUT2D eigenvalue weighted by Crippen LogP contribution is 2.43. The van der Waals surface area contributed by atoms with Gasteiger partial charge in [-0.25, -0.2) is 4.98 Å². The average Bonchev–Trinajstić information content (AvgIpc) is 3.15. The topological polar surface area (TPSA) is 139 Å². The van der Waals surface area contributed by atoms with Crippen molar-refractivity contribution in [2.75, 3.05) is 12.3 Å². The van der Waals surface area contributed by atoms with E-state index < -0.39 is 32.1 Å². The van der Waals surface area contributed by atoms with Crippen LogP contribution in [0.4, 0.5) is 5.95 Å². The molecule has 162 valence electrons. The Kier molecular flexibility index (Phi) is 5.92. The van der Waals surface area contributed by atoms with Crippen molar-refractivity contribution in [1.29, 1.82) is 0 Å². The van der Waals surface area contributed by atoms with Crippen LogP contribution in [-0.2, 0) is 4.43 Å². The summed E-state index contributed by atoms with van der Waals surface area (Å²) in [5, 5.41) is 21.5. The summed E-state index contributed by atoms with van der Waals surface area (Å²) in [5.41, 5.74) is 5.71. The fourth-order valence-corrected chi connectivity index (χ4v) is 6.04. The van der Waals surface area contributed by atoms with E-state index in [1.807, 2.05) is 0 Å². The van der Waals surface area contributed by atoms with Gasteiger partial charge in [-0.15, -0.1) is 0 Å². The zero-order valence-electron chi connectivity index (χ0n) is 17.8. The van der Waals surface area contributed by atoms with Gasteiger partial charge in [0.2, 0.25) is 5.95 Å². The highest BCUT2D eigenvalue weighted by molar-refractivity contribution is 6.74. The van der Waals surface area contributed by atoms with Crippen LogP contribution < -0.4 is 11.3 Å². The molecule has 2 aromatic rings. The molecule has 4 atom stereocenters. The van der Waals surface area contributed by atoms with E-state index in [4.69, 9.17) is 10.2 Å². The van der Waals surface area contributed by atoms with Crippen LogP contribution in [0.15, 0.2) is 11.1 Å².